The number of thiocarbonyl (C=S) groups is 1. The van der Waals surface area contributed by atoms with Crippen LogP contribution < -0.4 is 11.1 Å². The first-order valence-electron chi connectivity index (χ1n) is 7.90. The average molecular weight is 341 g/mol. The van der Waals surface area contributed by atoms with Crippen LogP contribution in [0.2, 0.25) is 0 Å². The summed E-state index contributed by atoms with van der Waals surface area (Å²) in [7, 11) is 0. The molecule has 2 rings (SSSR count). The third-order valence-electron chi connectivity index (χ3n) is 3.60. The van der Waals surface area contributed by atoms with E-state index in [2.05, 4.69) is 25.2 Å². The first-order valence-corrected chi connectivity index (χ1v) is 8.31. The van der Waals surface area contributed by atoms with Gasteiger partial charge in [0.2, 0.25) is 5.91 Å². The lowest BCUT2D eigenvalue weighted by atomic mass is 10.1. The van der Waals surface area contributed by atoms with Crippen LogP contribution >= 0.6 is 12.2 Å². The smallest absolute Gasteiger partial charge is 0.219 e. The lowest BCUT2D eigenvalue weighted by Crippen LogP contribution is -2.36. The maximum absolute atomic E-state index is 11.2. The fourth-order valence-corrected chi connectivity index (χ4v) is 2.82. The highest BCUT2D eigenvalue weighted by atomic mass is 32.1. The molecule has 0 fully saturated rings. The van der Waals surface area contributed by atoms with E-state index in [1.54, 1.807) is 0 Å². The van der Waals surface area contributed by atoms with Gasteiger partial charge in [0.05, 0.1) is 0 Å². The van der Waals surface area contributed by atoms with Crippen molar-refractivity contribution >= 4 is 28.9 Å². The van der Waals surface area contributed by atoms with Crippen molar-refractivity contribution in [2.24, 2.45) is 5.73 Å². The Kier molecular flexibility index (Phi) is 6.32. The minimum absolute atomic E-state index is 0.265. The van der Waals surface area contributed by atoms with Gasteiger partial charge in [-0.25, -0.2) is 0 Å². The van der Waals surface area contributed by atoms with Crippen molar-refractivity contribution in [2.75, 3.05) is 11.9 Å². The van der Waals surface area contributed by atoms with E-state index in [1.165, 1.54) is 11.1 Å². The molecular weight excluding hydrogens is 318 g/mol. The van der Waals surface area contributed by atoms with Gasteiger partial charge in [0.15, 0.2) is 5.11 Å². The Labute approximate surface area is 148 Å². The third kappa shape index (κ3) is 5.66. The fraction of sp³-hybridized carbons (Fsp3) is 0.263. The van der Waals surface area contributed by atoms with Gasteiger partial charge in [-0.3, -0.25) is 4.79 Å². The Morgan fingerprint density at radius 1 is 1.12 bits per heavy atom. The summed E-state index contributed by atoms with van der Waals surface area (Å²) in [5.41, 5.74) is 9.73. The van der Waals surface area contributed by atoms with E-state index in [0.29, 0.717) is 18.2 Å². The van der Waals surface area contributed by atoms with Crippen LogP contribution in [-0.2, 0) is 11.3 Å². The van der Waals surface area contributed by atoms with Crippen LogP contribution in [0.1, 0.15) is 23.1 Å². The summed E-state index contributed by atoms with van der Waals surface area (Å²) < 4.78 is 0. The van der Waals surface area contributed by atoms with Crippen LogP contribution in [0.25, 0.3) is 0 Å². The highest BCUT2D eigenvalue weighted by Crippen LogP contribution is 2.15. The van der Waals surface area contributed by atoms with Crippen LogP contribution in [0.15, 0.2) is 48.5 Å². The van der Waals surface area contributed by atoms with Crippen molar-refractivity contribution in [3.63, 3.8) is 0 Å². The Morgan fingerprint density at radius 2 is 1.75 bits per heavy atom. The number of aryl methyl sites for hydroxylation is 2. The number of amides is 1. The predicted octanol–water partition coefficient (Wildman–Crippen LogP) is 3.38. The van der Waals surface area contributed by atoms with Crippen molar-refractivity contribution in [1.29, 1.82) is 0 Å². The van der Waals surface area contributed by atoms with Crippen LogP contribution in [0.3, 0.4) is 0 Å². The topological polar surface area (TPSA) is 58.4 Å². The van der Waals surface area contributed by atoms with E-state index in [1.807, 2.05) is 47.4 Å². The summed E-state index contributed by atoms with van der Waals surface area (Å²) >= 11 is 5.56. The van der Waals surface area contributed by atoms with Crippen molar-refractivity contribution in [3.05, 3.63) is 65.2 Å². The van der Waals surface area contributed by atoms with Gasteiger partial charge in [0.25, 0.3) is 0 Å². The van der Waals surface area contributed by atoms with E-state index in [-0.39, 0.29) is 12.3 Å². The molecular formula is C19H23N3OS. The van der Waals surface area contributed by atoms with Crippen LogP contribution in [0.4, 0.5) is 5.69 Å². The number of benzene rings is 2. The van der Waals surface area contributed by atoms with Gasteiger partial charge in [-0.05, 0) is 54.9 Å². The Balaban J connectivity index is 2.12. The van der Waals surface area contributed by atoms with Gasteiger partial charge < -0.3 is 16.0 Å². The van der Waals surface area contributed by atoms with Crippen molar-refractivity contribution < 1.29 is 4.79 Å². The molecule has 0 aliphatic rings. The first-order chi connectivity index (χ1) is 11.4. The number of rotatable bonds is 6. The van der Waals surface area contributed by atoms with Crippen LogP contribution in [0.5, 0.6) is 0 Å². The molecule has 126 valence electrons. The minimum Gasteiger partial charge on any atom is -0.370 e. The summed E-state index contributed by atoms with van der Waals surface area (Å²) in [6, 6.07) is 16.2. The SMILES string of the molecule is Cc1cc(C)cc(NC(=S)N(CCC(N)=O)Cc2ccccc2)c1. The molecule has 4 nitrogen and oxygen atoms in total. The number of nitrogens with two attached hydrogens (primary N) is 1. The zero-order valence-electron chi connectivity index (χ0n) is 14.1. The van der Waals surface area contributed by atoms with Crippen molar-refractivity contribution in [3.8, 4) is 0 Å². The lowest BCUT2D eigenvalue weighted by Gasteiger charge is -2.26. The summed E-state index contributed by atoms with van der Waals surface area (Å²) in [4.78, 5) is 13.1. The average Bonchev–Trinajstić information content (AvgIpc) is 2.51. The molecule has 1 amide bonds. The lowest BCUT2D eigenvalue weighted by molar-refractivity contribution is -0.118. The number of nitrogens with one attached hydrogen (secondary N) is 1. The monoisotopic (exact) mass is 341 g/mol. The molecule has 0 aliphatic heterocycles. The van der Waals surface area contributed by atoms with E-state index in [4.69, 9.17) is 18.0 Å². The Hall–Kier alpha value is -2.40. The molecule has 0 spiro atoms. The van der Waals surface area contributed by atoms with E-state index in [0.717, 1.165) is 11.3 Å². The number of nitrogens with zero attached hydrogens (tertiary/aromatic N) is 1. The van der Waals surface area contributed by atoms with Gasteiger partial charge in [0, 0.05) is 25.2 Å². The molecule has 0 atom stereocenters. The largest absolute Gasteiger partial charge is 0.370 e. The standard InChI is InChI=1S/C19H23N3OS/c1-14-10-15(2)12-17(11-14)21-19(24)22(9-8-18(20)23)13-16-6-4-3-5-7-16/h3-7,10-12H,8-9,13H2,1-2H3,(H2,20,23)(H,21,24). The zero-order chi connectivity index (χ0) is 17.5. The van der Waals surface area contributed by atoms with Gasteiger partial charge in [0.1, 0.15) is 0 Å². The third-order valence-corrected chi connectivity index (χ3v) is 3.96. The molecule has 3 N–H and O–H groups in total. The van der Waals surface area contributed by atoms with Crippen LogP contribution in [-0.4, -0.2) is 22.5 Å². The normalized spacial score (nSPS) is 10.2. The molecule has 5 heteroatoms. The number of carbonyl (C=O) groups excluding carboxylic acids is 1. The first kappa shape index (κ1) is 17.9. The molecule has 0 aliphatic carbocycles. The highest BCUT2D eigenvalue weighted by molar-refractivity contribution is 7.80. The van der Waals surface area contributed by atoms with Crippen LogP contribution in [0, 0.1) is 13.8 Å². The van der Waals surface area contributed by atoms with Gasteiger partial charge in [-0.1, -0.05) is 36.4 Å². The van der Waals surface area contributed by atoms with Crippen molar-refractivity contribution in [2.45, 2.75) is 26.8 Å². The highest BCUT2D eigenvalue weighted by Gasteiger charge is 2.12. The number of carbonyl (C=O) groups is 1. The molecule has 0 bridgehead atoms. The molecule has 0 saturated carbocycles. The van der Waals surface area contributed by atoms with E-state index < -0.39 is 0 Å². The maximum atomic E-state index is 11.2. The predicted molar refractivity (Wildman–Crippen MR) is 103 cm³/mol. The molecule has 2 aromatic rings. The summed E-state index contributed by atoms with van der Waals surface area (Å²) in [5, 5.41) is 3.86. The molecule has 0 unspecified atom stereocenters. The summed E-state index contributed by atoms with van der Waals surface area (Å²) in [5.74, 6) is -0.331. The second kappa shape index (κ2) is 8.45. The molecule has 0 radical (unpaired) electrons. The van der Waals surface area contributed by atoms with Crippen molar-refractivity contribution in [1.82, 2.24) is 4.90 Å². The minimum atomic E-state index is -0.331. The quantitative estimate of drug-likeness (QED) is 0.791. The Morgan fingerprint density at radius 3 is 2.33 bits per heavy atom. The zero-order valence-corrected chi connectivity index (χ0v) is 14.9. The molecule has 0 saturated heterocycles. The molecule has 24 heavy (non-hydrogen) atoms. The number of hydrogen-bond donors (Lipinski definition) is 2. The fourth-order valence-electron chi connectivity index (χ4n) is 2.55. The van der Waals surface area contributed by atoms with E-state index >= 15 is 0 Å². The summed E-state index contributed by atoms with van der Waals surface area (Å²) in [6.45, 7) is 5.22. The number of primary amides is 1. The molecule has 2 aromatic carbocycles. The number of hydrogen-bond acceptors (Lipinski definition) is 2. The van der Waals surface area contributed by atoms with E-state index in [9.17, 15) is 4.79 Å². The van der Waals surface area contributed by atoms with Gasteiger partial charge in [-0.2, -0.15) is 0 Å². The Bertz CT molecular complexity index is 696. The second-order valence-electron chi connectivity index (χ2n) is 5.93. The molecule has 0 aromatic heterocycles. The maximum Gasteiger partial charge on any atom is 0.219 e. The van der Waals surface area contributed by atoms with Gasteiger partial charge in [-0.15, -0.1) is 0 Å². The number of anilines is 1. The summed E-state index contributed by atoms with van der Waals surface area (Å²) in [6.07, 6.45) is 0.265. The van der Waals surface area contributed by atoms with Gasteiger partial charge >= 0.3 is 0 Å². The second-order valence-corrected chi connectivity index (χ2v) is 6.32. The molecule has 0 heterocycles.